The molecule has 4 aliphatic rings. The molecule has 0 aromatic heterocycles. The Kier molecular flexibility index (Phi) is 11.1. The molecule has 4 aliphatic heterocycles. The van der Waals surface area contributed by atoms with Gasteiger partial charge in [-0.15, -0.1) is 0 Å². The zero-order valence-corrected chi connectivity index (χ0v) is 37.7. The van der Waals surface area contributed by atoms with Gasteiger partial charge in [0, 0.05) is 51.4 Å². The SMILES string of the molecule is O=C1OC[C@H](O)[C@@H]([C@H]2OC(=O)c3cc(O)c(O)c(O)c3-c3c(O)c(O)c(O)c4c3C(=O)O[C@H]2[C@H]4c2c(O)cc(O)c3c2O[C@H](c2ccc(O)c(O)c2)[C@@H](O)C3)OC(=O)c2cc(O)c(O)c(O)c2-c2c1cc(O)c(O)c2O. The number of phenolic OH excluding ortho intramolecular Hbond substituents is 16. The maximum Gasteiger partial charge on any atom is 0.339 e. The van der Waals surface area contributed by atoms with Gasteiger partial charge in [-0.05, 0) is 35.9 Å². The van der Waals surface area contributed by atoms with Crippen molar-refractivity contribution in [2.75, 3.05) is 6.61 Å². The van der Waals surface area contributed by atoms with Crippen LogP contribution in [0.25, 0.3) is 22.3 Å². The molecular weight excluding hydrogens is 1020 g/mol. The van der Waals surface area contributed by atoms with E-state index in [2.05, 4.69) is 0 Å². The summed E-state index contributed by atoms with van der Waals surface area (Å²) < 4.78 is 29.1. The summed E-state index contributed by atoms with van der Waals surface area (Å²) in [6.07, 6.45) is -14.6. The van der Waals surface area contributed by atoms with E-state index in [-0.39, 0.29) is 11.1 Å². The smallest absolute Gasteiger partial charge is 0.339 e. The largest absolute Gasteiger partial charge is 0.507 e. The van der Waals surface area contributed by atoms with Crippen molar-refractivity contribution in [1.82, 2.24) is 0 Å². The van der Waals surface area contributed by atoms with Gasteiger partial charge in [0.15, 0.2) is 75.8 Å². The Morgan fingerprint density at radius 1 is 0.382 bits per heavy atom. The minimum Gasteiger partial charge on any atom is -0.507 e. The highest BCUT2D eigenvalue weighted by Crippen LogP contribution is 2.62. The lowest BCUT2D eigenvalue weighted by molar-refractivity contribution is -0.133. The number of hydrogen-bond donors (Lipinski definition) is 18. The molecular formula is C49H36O27. The quantitative estimate of drug-likeness (QED) is 0.0687. The Morgan fingerprint density at radius 2 is 0.882 bits per heavy atom. The summed E-state index contributed by atoms with van der Waals surface area (Å²) in [5, 5.41) is 200. The molecule has 76 heavy (non-hydrogen) atoms. The molecule has 7 atom stereocenters. The topological polar surface area (TPSA) is 479 Å². The second-order valence-electron chi connectivity index (χ2n) is 17.7. The van der Waals surface area contributed by atoms with Crippen LogP contribution in [0.3, 0.4) is 0 Å². The normalized spacial score (nSPS) is 21.7. The fourth-order valence-corrected chi connectivity index (χ4v) is 9.89. The van der Waals surface area contributed by atoms with Crippen LogP contribution in [0, 0.1) is 0 Å². The van der Waals surface area contributed by atoms with Crippen LogP contribution in [-0.2, 0) is 25.4 Å². The van der Waals surface area contributed by atoms with E-state index in [1.165, 1.54) is 6.07 Å². The minimum absolute atomic E-state index is 0.0770. The van der Waals surface area contributed by atoms with Crippen LogP contribution in [-0.4, -0.2) is 153 Å². The lowest BCUT2D eigenvalue weighted by Crippen LogP contribution is -2.55. The van der Waals surface area contributed by atoms with Gasteiger partial charge in [-0.1, -0.05) is 6.07 Å². The first-order chi connectivity index (χ1) is 35.8. The van der Waals surface area contributed by atoms with Crippen LogP contribution in [0.15, 0.2) is 42.5 Å². The van der Waals surface area contributed by atoms with Crippen molar-refractivity contribution in [1.29, 1.82) is 0 Å². The number of ether oxygens (including phenoxy) is 5. The number of phenols is 16. The van der Waals surface area contributed by atoms with Gasteiger partial charge in [0.1, 0.15) is 36.1 Å². The van der Waals surface area contributed by atoms with Crippen LogP contribution in [0.4, 0.5) is 0 Å². The molecule has 0 saturated heterocycles. The first-order valence-corrected chi connectivity index (χ1v) is 21.9. The second kappa shape index (κ2) is 17.2. The molecule has 18 N–H and O–H groups in total. The third-order valence-electron chi connectivity index (χ3n) is 13.4. The van der Waals surface area contributed by atoms with Crippen LogP contribution in [0.5, 0.6) is 97.7 Å². The van der Waals surface area contributed by atoms with Gasteiger partial charge in [0.05, 0.1) is 34.3 Å². The molecule has 0 aliphatic carbocycles. The number of carbonyl (C=O) groups excluding carboxylic acids is 4. The summed E-state index contributed by atoms with van der Waals surface area (Å²) in [5.41, 5.74) is -11.2. The molecule has 6 aromatic carbocycles. The Labute approximate surface area is 420 Å². The highest BCUT2D eigenvalue weighted by Gasteiger charge is 2.56. The predicted octanol–water partition coefficient (Wildman–Crippen LogP) is 2.31. The van der Waals surface area contributed by atoms with Crippen molar-refractivity contribution in [3.8, 4) is 120 Å². The molecule has 6 aromatic rings. The van der Waals surface area contributed by atoms with Gasteiger partial charge >= 0.3 is 23.9 Å². The van der Waals surface area contributed by atoms with E-state index >= 15 is 0 Å². The van der Waals surface area contributed by atoms with Crippen LogP contribution in [0.2, 0.25) is 0 Å². The van der Waals surface area contributed by atoms with E-state index in [9.17, 15) is 111 Å². The standard InChI is InChI=1S/C49H36O27/c50-15-2-1-10(3-17(15)52)41-22(57)4-11-16(51)8-18(53)27(42(11)73-41)30-29-31-28(38(65)40(67)39(29)66)26-14(7-21(56)34(61)37(26)64)48(70)76-45(44(30)75-49(31)71)43-23(58)9-72-46(68)12-5-19(54)32(59)35(62)24(12)25-13(47(69)74-43)6-20(55)33(60)36(25)63/h1-3,5-8,22-23,30,41,43-45,50-67H,4,9H2/t22-,23-,30-,41+,43-,44-,45+/m0/s1. The number of esters is 4. The van der Waals surface area contributed by atoms with Crippen molar-refractivity contribution < 1.29 is 135 Å². The zero-order valence-electron chi connectivity index (χ0n) is 37.7. The van der Waals surface area contributed by atoms with E-state index in [4.69, 9.17) is 23.7 Å². The number of aliphatic hydroxyl groups excluding tert-OH is 2. The van der Waals surface area contributed by atoms with Crippen molar-refractivity contribution in [3.63, 3.8) is 0 Å². The molecule has 394 valence electrons. The Morgan fingerprint density at radius 3 is 1.43 bits per heavy atom. The molecule has 0 fully saturated rings. The lowest BCUT2D eigenvalue weighted by atomic mass is 9.73. The van der Waals surface area contributed by atoms with Gasteiger partial charge < -0.3 is 116 Å². The fourth-order valence-electron chi connectivity index (χ4n) is 9.89. The molecule has 27 heteroatoms. The summed E-state index contributed by atoms with van der Waals surface area (Å²) in [6, 6.07) is 5.02. The Bertz CT molecular complexity index is 3600. The number of hydrogen-bond acceptors (Lipinski definition) is 27. The Hall–Kier alpha value is -10.3. The van der Waals surface area contributed by atoms with Crippen molar-refractivity contribution >= 4 is 23.9 Å². The van der Waals surface area contributed by atoms with E-state index in [0.717, 1.165) is 12.1 Å². The number of aromatic hydroxyl groups is 16. The van der Waals surface area contributed by atoms with Crippen LogP contribution < -0.4 is 4.74 Å². The summed E-state index contributed by atoms with van der Waals surface area (Å²) in [5.74, 6) is -30.6. The molecule has 2 bridgehead atoms. The Balaban J connectivity index is 1.28. The summed E-state index contributed by atoms with van der Waals surface area (Å²) >= 11 is 0. The maximum absolute atomic E-state index is 14.8. The molecule has 0 amide bonds. The van der Waals surface area contributed by atoms with Crippen molar-refractivity contribution in [2.24, 2.45) is 0 Å². The van der Waals surface area contributed by atoms with Gasteiger partial charge in [0.2, 0.25) is 23.0 Å². The van der Waals surface area contributed by atoms with Crippen molar-refractivity contribution in [2.45, 2.75) is 49.0 Å². The first kappa shape index (κ1) is 49.3. The molecule has 0 saturated carbocycles. The van der Waals surface area contributed by atoms with Gasteiger partial charge in [0.25, 0.3) is 0 Å². The number of carbonyl (C=O) groups is 4. The monoisotopic (exact) mass is 1060 g/mol. The van der Waals surface area contributed by atoms with Gasteiger partial charge in [-0.25, -0.2) is 19.2 Å². The lowest BCUT2D eigenvalue weighted by Gasteiger charge is -2.43. The van der Waals surface area contributed by atoms with Gasteiger partial charge in [-0.2, -0.15) is 0 Å². The highest BCUT2D eigenvalue weighted by atomic mass is 16.6. The predicted molar refractivity (Wildman–Crippen MR) is 242 cm³/mol. The second-order valence-corrected chi connectivity index (χ2v) is 17.7. The summed E-state index contributed by atoms with van der Waals surface area (Å²) in [4.78, 5) is 58.3. The molecule has 10 rings (SSSR count). The molecule has 4 heterocycles. The average Bonchev–Trinajstić information content (AvgIpc) is 3.46. The zero-order chi connectivity index (χ0) is 55.0. The van der Waals surface area contributed by atoms with E-state index in [0.29, 0.717) is 24.3 Å². The number of fused-ring (bicyclic) bond motifs is 8. The highest BCUT2D eigenvalue weighted by molar-refractivity contribution is 6.11. The third-order valence-corrected chi connectivity index (χ3v) is 13.4. The van der Waals surface area contributed by atoms with Gasteiger partial charge in [-0.3, -0.25) is 0 Å². The molecule has 0 radical (unpaired) electrons. The van der Waals surface area contributed by atoms with E-state index < -0.39 is 233 Å². The number of rotatable bonds is 3. The fraction of sp³-hybridized carbons (Fsp3) is 0.184. The molecule has 27 nitrogen and oxygen atoms in total. The maximum atomic E-state index is 14.8. The number of aliphatic hydroxyl groups is 2. The third kappa shape index (κ3) is 7.11. The summed E-state index contributed by atoms with van der Waals surface area (Å²) in [6.45, 7) is -1.44. The first-order valence-electron chi connectivity index (χ1n) is 21.9. The number of benzene rings is 6. The van der Waals surface area contributed by atoms with E-state index in [1.54, 1.807) is 0 Å². The van der Waals surface area contributed by atoms with Crippen LogP contribution >= 0.6 is 0 Å². The summed E-state index contributed by atoms with van der Waals surface area (Å²) in [7, 11) is 0. The minimum atomic E-state index is -2.77. The van der Waals surface area contributed by atoms with Crippen LogP contribution in [0.1, 0.15) is 75.7 Å². The molecule has 0 spiro atoms. The molecule has 0 unspecified atom stereocenters. The average molecular weight is 1060 g/mol. The van der Waals surface area contributed by atoms with Crippen molar-refractivity contribution in [3.05, 3.63) is 87.0 Å². The van der Waals surface area contributed by atoms with E-state index in [1.807, 2.05) is 0 Å². The number of cyclic esters (lactones) is 3.